The number of nitrogens with zero attached hydrogens (tertiary/aromatic N) is 3. The Kier molecular flexibility index (Phi) is 6.50. The van der Waals surface area contributed by atoms with Crippen LogP contribution in [0.1, 0.15) is 45.1 Å². The lowest BCUT2D eigenvalue weighted by atomic mass is 10.0. The Bertz CT molecular complexity index is 1440. The molecule has 0 bridgehead atoms. The maximum atomic E-state index is 13.6. The third-order valence-electron chi connectivity index (χ3n) is 6.39. The minimum absolute atomic E-state index is 0.208. The van der Waals surface area contributed by atoms with Gasteiger partial charge in [-0.25, -0.2) is 4.98 Å². The minimum atomic E-state index is -0.311. The third-order valence-corrected chi connectivity index (χ3v) is 7.25. The maximum Gasteiger partial charge on any atom is 0.272 e. The molecule has 0 saturated heterocycles. The van der Waals surface area contributed by atoms with E-state index >= 15 is 0 Å². The van der Waals surface area contributed by atoms with Gasteiger partial charge in [-0.15, -0.1) is 0 Å². The van der Waals surface area contributed by atoms with Crippen molar-refractivity contribution in [1.82, 2.24) is 14.9 Å². The third kappa shape index (κ3) is 4.40. The van der Waals surface area contributed by atoms with E-state index in [4.69, 9.17) is 28.2 Å². The summed E-state index contributed by atoms with van der Waals surface area (Å²) in [4.78, 5) is 33.3. The van der Waals surface area contributed by atoms with Crippen LogP contribution in [0.4, 0.5) is 5.82 Å². The molecular formula is C27H24Cl2N4O2. The van der Waals surface area contributed by atoms with Crippen LogP contribution in [0, 0.1) is 0 Å². The topological polar surface area (TPSA) is 67.2 Å². The van der Waals surface area contributed by atoms with Gasteiger partial charge in [0.05, 0.1) is 10.0 Å². The number of fused-ring (bicyclic) bond motifs is 2. The van der Waals surface area contributed by atoms with Crippen molar-refractivity contribution in [3.63, 3.8) is 0 Å². The number of benzene rings is 3. The van der Waals surface area contributed by atoms with Crippen molar-refractivity contribution in [1.29, 1.82) is 0 Å². The van der Waals surface area contributed by atoms with Gasteiger partial charge in [-0.3, -0.25) is 14.5 Å². The summed E-state index contributed by atoms with van der Waals surface area (Å²) in [6, 6.07) is 18.7. The van der Waals surface area contributed by atoms with E-state index in [0.717, 1.165) is 35.9 Å². The number of halogens is 2. The number of nitrogens with one attached hydrogen (secondary N) is 1. The van der Waals surface area contributed by atoms with Gasteiger partial charge >= 0.3 is 0 Å². The van der Waals surface area contributed by atoms with Crippen LogP contribution in [0.25, 0.3) is 10.8 Å². The van der Waals surface area contributed by atoms with Gasteiger partial charge in [0.25, 0.3) is 11.8 Å². The van der Waals surface area contributed by atoms with Crippen LogP contribution in [-0.4, -0.2) is 28.4 Å². The summed E-state index contributed by atoms with van der Waals surface area (Å²) in [7, 11) is 1.67. The fraction of sp³-hybridized carbons (Fsp3) is 0.222. The highest BCUT2D eigenvalue weighted by atomic mass is 35.5. The smallest absolute Gasteiger partial charge is 0.272 e. The standard InChI is InChI=1S/C27H24Cl2N4O2/c1-32(27(35)20-12-6-9-17-8-2-3-11-19(17)20)25-24(33-15-5-4-14-22(33)31-25)26(34)30-16-18-10-7-13-21(28)23(18)29/h2-3,6-13H,4-5,14-16H2,1H3,(H,30,34). The minimum Gasteiger partial charge on any atom is -0.347 e. The van der Waals surface area contributed by atoms with Gasteiger partial charge in [-0.2, -0.15) is 0 Å². The normalized spacial score (nSPS) is 12.9. The molecule has 178 valence electrons. The molecule has 0 aliphatic carbocycles. The second kappa shape index (κ2) is 9.72. The molecule has 8 heteroatoms. The lowest BCUT2D eigenvalue weighted by Gasteiger charge is -2.19. The van der Waals surface area contributed by atoms with E-state index in [0.29, 0.717) is 39.2 Å². The van der Waals surface area contributed by atoms with Crippen LogP contribution in [0.3, 0.4) is 0 Å². The Labute approximate surface area is 213 Å². The molecular weight excluding hydrogens is 483 g/mol. The van der Waals surface area contributed by atoms with Crippen LogP contribution in [0.2, 0.25) is 10.0 Å². The summed E-state index contributed by atoms with van der Waals surface area (Å²) in [5, 5.41) is 5.62. The van der Waals surface area contributed by atoms with Crippen LogP contribution in [0.5, 0.6) is 0 Å². The Balaban J connectivity index is 1.49. The second-order valence-electron chi connectivity index (χ2n) is 8.60. The Morgan fingerprint density at radius 3 is 2.66 bits per heavy atom. The molecule has 0 radical (unpaired) electrons. The number of hydrogen-bond donors (Lipinski definition) is 1. The molecule has 2 heterocycles. The fourth-order valence-corrected chi connectivity index (χ4v) is 4.95. The number of imidazole rings is 1. The molecule has 5 rings (SSSR count). The predicted molar refractivity (Wildman–Crippen MR) is 139 cm³/mol. The van der Waals surface area contributed by atoms with Gasteiger partial charge in [0.2, 0.25) is 0 Å². The van der Waals surface area contributed by atoms with Crippen molar-refractivity contribution in [2.24, 2.45) is 0 Å². The summed E-state index contributed by atoms with van der Waals surface area (Å²) in [5.74, 6) is 0.641. The van der Waals surface area contributed by atoms with Gasteiger partial charge in [0, 0.05) is 32.1 Å². The highest BCUT2D eigenvalue weighted by Gasteiger charge is 2.30. The molecule has 0 fully saturated rings. The highest BCUT2D eigenvalue weighted by Crippen LogP contribution is 2.29. The lowest BCUT2D eigenvalue weighted by Crippen LogP contribution is -2.32. The number of rotatable bonds is 5. The number of amides is 2. The molecule has 1 aromatic heterocycles. The van der Waals surface area contributed by atoms with E-state index in [1.54, 1.807) is 25.2 Å². The summed E-state index contributed by atoms with van der Waals surface area (Å²) < 4.78 is 1.93. The quantitative estimate of drug-likeness (QED) is 0.367. The van der Waals surface area contributed by atoms with E-state index in [-0.39, 0.29) is 18.4 Å². The van der Waals surface area contributed by atoms with Gasteiger partial charge in [-0.05, 0) is 41.3 Å². The average molecular weight is 507 g/mol. The van der Waals surface area contributed by atoms with Crippen LogP contribution in [-0.2, 0) is 19.5 Å². The van der Waals surface area contributed by atoms with E-state index < -0.39 is 0 Å². The molecule has 35 heavy (non-hydrogen) atoms. The zero-order valence-electron chi connectivity index (χ0n) is 19.2. The van der Waals surface area contributed by atoms with Crippen LogP contribution in [0.15, 0.2) is 60.7 Å². The number of carbonyl (C=O) groups excluding carboxylic acids is 2. The van der Waals surface area contributed by atoms with Crippen molar-refractivity contribution in [2.45, 2.75) is 32.4 Å². The first-order valence-corrected chi connectivity index (χ1v) is 12.3. The van der Waals surface area contributed by atoms with Crippen molar-refractivity contribution in [3.05, 3.63) is 93.4 Å². The molecule has 3 aromatic carbocycles. The fourth-order valence-electron chi connectivity index (χ4n) is 4.56. The lowest BCUT2D eigenvalue weighted by molar-refractivity contribution is 0.0941. The molecule has 0 unspecified atom stereocenters. The van der Waals surface area contributed by atoms with Crippen molar-refractivity contribution in [3.8, 4) is 0 Å². The monoisotopic (exact) mass is 506 g/mol. The highest BCUT2D eigenvalue weighted by molar-refractivity contribution is 6.42. The molecule has 2 amide bonds. The molecule has 0 saturated carbocycles. The van der Waals surface area contributed by atoms with E-state index in [1.807, 2.05) is 47.0 Å². The van der Waals surface area contributed by atoms with Crippen LogP contribution < -0.4 is 10.2 Å². The zero-order valence-corrected chi connectivity index (χ0v) is 20.7. The van der Waals surface area contributed by atoms with Gasteiger partial charge in [0.1, 0.15) is 5.82 Å². The van der Waals surface area contributed by atoms with Crippen LogP contribution >= 0.6 is 23.2 Å². The average Bonchev–Trinajstić information content (AvgIpc) is 3.28. The first kappa shape index (κ1) is 23.4. The van der Waals surface area contributed by atoms with E-state index in [1.165, 1.54) is 4.90 Å². The van der Waals surface area contributed by atoms with Gasteiger partial charge in [0.15, 0.2) is 11.5 Å². The molecule has 0 spiro atoms. The summed E-state index contributed by atoms with van der Waals surface area (Å²) in [6.45, 7) is 0.887. The van der Waals surface area contributed by atoms with Crippen molar-refractivity contribution >= 4 is 51.6 Å². The molecule has 6 nitrogen and oxygen atoms in total. The zero-order chi connectivity index (χ0) is 24.5. The maximum absolute atomic E-state index is 13.6. The summed E-state index contributed by atoms with van der Waals surface area (Å²) >= 11 is 12.4. The van der Waals surface area contributed by atoms with Gasteiger partial charge < -0.3 is 9.88 Å². The Morgan fingerprint density at radius 1 is 1.03 bits per heavy atom. The van der Waals surface area contributed by atoms with E-state index in [9.17, 15) is 9.59 Å². The number of anilines is 1. The second-order valence-corrected chi connectivity index (χ2v) is 9.38. The summed E-state index contributed by atoms with van der Waals surface area (Å²) in [5.41, 5.74) is 1.66. The van der Waals surface area contributed by atoms with Crippen molar-refractivity contribution < 1.29 is 9.59 Å². The number of aromatic nitrogens is 2. The molecule has 0 atom stereocenters. The first-order chi connectivity index (χ1) is 17.0. The van der Waals surface area contributed by atoms with Crippen molar-refractivity contribution in [2.75, 3.05) is 11.9 Å². The number of hydrogen-bond acceptors (Lipinski definition) is 3. The summed E-state index contributed by atoms with van der Waals surface area (Å²) in [6.07, 6.45) is 2.71. The number of aryl methyl sites for hydroxylation is 1. The molecule has 1 aliphatic heterocycles. The van der Waals surface area contributed by atoms with Gasteiger partial charge in [-0.1, -0.05) is 71.7 Å². The van der Waals surface area contributed by atoms with E-state index in [2.05, 4.69) is 5.32 Å². The Hall–Kier alpha value is -3.35. The molecule has 1 N–H and O–H groups in total. The Morgan fingerprint density at radius 2 is 1.80 bits per heavy atom. The predicted octanol–water partition coefficient (Wildman–Crippen LogP) is 5.89. The largest absolute Gasteiger partial charge is 0.347 e. The molecule has 4 aromatic rings. The first-order valence-electron chi connectivity index (χ1n) is 11.5. The molecule has 1 aliphatic rings. The number of carbonyl (C=O) groups is 2. The SMILES string of the molecule is CN(C(=O)c1cccc2ccccc12)c1nc2n(c1C(=O)NCc1cccc(Cl)c1Cl)CCCC2.